The summed E-state index contributed by atoms with van der Waals surface area (Å²) in [5, 5.41) is 11.6. The molecule has 0 spiro atoms. The van der Waals surface area contributed by atoms with Gasteiger partial charge in [-0.3, -0.25) is 10.1 Å². The van der Waals surface area contributed by atoms with E-state index < -0.39 is 27.3 Å². The maximum atomic E-state index is 13.4. The van der Waals surface area contributed by atoms with Crippen molar-refractivity contribution in [3.05, 3.63) is 68.2 Å². The van der Waals surface area contributed by atoms with Crippen molar-refractivity contribution in [3.8, 4) is 11.8 Å². The van der Waals surface area contributed by atoms with Gasteiger partial charge >= 0.3 is 0 Å². The summed E-state index contributed by atoms with van der Waals surface area (Å²) in [4.78, 5) is 10.3. The molecule has 1 fully saturated rings. The van der Waals surface area contributed by atoms with Crippen molar-refractivity contribution in [2.45, 2.75) is 56.3 Å². The Hall–Kier alpha value is -2.15. The Morgan fingerprint density at radius 3 is 2.52 bits per heavy atom. The second-order valence-corrected chi connectivity index (χ2v) is 10.3. The summed E-state index contributed by atoms with van der Waals surface area (Å²) < 4.78 is 34.1. The van der Waals surface area contributed by atoms with E-state index >= 15 is 0 Å². The summed E-state index contributed by atoms with van der Waals surface area (Å²) in [5.41, 5.74) is 0.245. The zero-order valence-corrected chi connectivity index (χ0v) is 20.4. The number of rotatable bonds is 8. The minimum atomic E-state index is -4.05. The molecule has 0 amide bonds. The number of sulfonamides is 1. The number of nitrogens with zero attached hydrogens (tertiary/aromatic N) is 2. The molecule has 0 aromatic heterocycles. The predicted molar refractivity (Wildman–Crippen MR) is 128 cm³/mol. The second kappa shape index (κ2) is 11.3. The fourth-order valence-corrected chi connectivity index (χ4v) is 5.46. The number of non-ortho nitro benzene ring substituents is 1. The molecule has 3 rings (SSSR count). The van der Waals surface area contributed by atoms with E-state index in [9.17, 15) is 18.5 Å². The third-order valence-corrected chi connectivity index (χ3v) is 7.59. The Morgan fingerprint density at radius 2 is 1.88 bits per heavy atom. The molecule has 0 radical (unpaired) electrons. The number of nitro benzene ring substituents is 1. The number of benzene rings is 2. The van der Waals surface area contributed by atoms with E-state index in [2.05, 4.69) is 18.8 Å². The molecule has 2 atom stereocenters. The highest BCUT2D eigenvalue weighted by Gasteiger charge is 2.42. The van der Waals surface area contributed by atoms with Gasteiger partial charge in [-0.1, -0.05) is 61.4 Å². The van der Waals surface area contributed by atoms with Gasteiger partial charge in [0.25, 0.3) is 5.69 Å². The van der Waals surface area contributed by atoms with E-state index in [0.717, 1.165) is 37.8 Å². The molecule has 7 nitrogen and oxygen atoms in total. The van der Waals surface area contributed by atoms with Crippen LogP contribution in [0.2, 0.25) is 10.0 Å². The smallest absolute Gasteiger partial charge is 0.269 e. The molecule has 1 saturated heterocycles. The summed E-state index contributed by atoms with van der Waals surface area (Å²) in [6.45, 7) is 2.14. The first-order valence-corrected chi connectivity index (χ1v) is 12.8. The topological polar surface area (TPSA) is 89.8 Å². The van der Waals surface area contributed by atoms with Crippen molar-refractivity contribution in [2.75, 3.05) is 6.54 Å². The maximum absolute atomic E-state index is 13.4. The average molecular weight is 511 g/mol. The van der Waals surface area contributed by atoms with Crippen molar-refractivity contribution in [3.63, 3.8) is 0 Å². The van der Waals surface area contributed by atoms with E-state index in [1.54, 1.807) is 12.1 Å². The minimum absolute atomic E-state index is 0.00486. The third-order valence-electron chi connectivity index (χ3n) is 5.20. The zero-order chi connectivity index (χ0) is 24.0. The van der Waals surface area contributed by atoms with Crippen LogP contribution in [0, 0.1) is 22.0 Å². The van der Waals surface area contributed by atoms with Crippen LogP contribution in [0.5, 0.6) is 0 Å². The quantitative estimate of drug-likeness (QED) is 0.189. The van der Waals surface area contributed by atoms with Gasteiger partial charge in [-0.15, -0.1) is 5.92 Å². The van der Waals surface area contributed by atoms with E-state index in [4.69, 9.17) is 27.9 Å². The van der Waals surface area contributed by atoms with E-state index in [0.29, 0.717) is 17.0 Å². The predicted octanol–water partition coefficient (Wildman–Crippen LogP) is 5.96. The molecular formula is C23H24Cl2N2O5S. The summed E-state index contributed by atoms with van der Waals surface area (Å²) in [7, 11) is -4.05. The maximum Gasteiger partial charge on any atom is 0.269 e. The lowest BCUT2D eigenvalue weighted by Gasteiger charge is -2.23. The largest absolute Gasteiger partial charge is 0.340 e. The van der Waals surface area contributed by atoms with Gasteiger partial charge in [-0.25, -0.2) is 8.42 Å². The molecule has 0 aliphatic carbocycles. The van der Waals surface area contributed by atoms with Gasteiger partial charge < -0.3 is 4.74 Å². The summed E-state index contributed by atoms with van der Waals surface area (Å²) in [5.74, 6) is 6.12. The van der Waals surface area contributed by atoms with Gasteiger partial charge in [0.15, 0.2) is 6.23 Å². The van der Waals surface area contributed by atoms with Crippen LogP contribution in [0.4, 0.5) is 5.69 Å². The highest BCUT2D eigenvalue weighted by atomic mass is 35.5. The van der Waals surface area contributed by atoms with Crippen LogP contribution >= 0.6 is 23.2 Å². The monoisotopic (exact) mass is 510 g/mol. The standard InChI is InChI=1S/C23H24Cl2N2O5S/c1-2-3-4-5-6-7-8-19-16-26(23(32-19)21-14-9-17(24)15-22(21)25)33(30,31)20-12-10-18(11-13-20)27(28)29/h9-15,19,23H,2-6,16H2,1H3/t19-,23?/m0/s1. The first kappa shape index (κ1) is 25.5. The number of nitro groups is 1. The van der Waals surface area contributed by atoms with Gasteiger partial charge in [0, 0.05) is 34.2 Å². The van der Waals surface area contributed by atoms with Gasteiger partial charge in [0.1, 0.15) is 6.10 Å². The molecule has 0 bridgehead atoms. The molecule has 10 heteroatoms. The lowest BCUT2D eigenvalue weighted by molar-refractivity contribution is -0.384. The van der Waals surface area contributed by atoms with Crippen LogP contribution in [0.3, 0.4) is 0 Å². The van der Waals surface area contributed by atoms with Crippen molar-refractivity contribution in [1.82, 2.24) is 4.31 Å². The van der Waals surface area contributed by atoms with Crippen LogP contribution in [0.1, 0.15) is 50.8 Å². The molecule has 176 valence electrons. The van der Waals surface area contributed by atoms with Gasteiger partial charge in [0.05, 0.1) is 16.4 Å². The Morgan fingerprint density at radius 1 is 1.15 bits per heavy atom. The summed E-state index contributed by atoms with van der Waals surface area (Å²) in [6.07, 6.45) is 3.43. The van der Waals surface area contributed by atoms with Gasteiger partial charge in [-0.05, 0) is 30.7 Å². The number of hydrogen-bond acceptors (Lipinski definition) is 5. The first-order valence-electron chi connectivity index (χ1n) is 10.6. The van der Waals surface area contributed by atoms with Crippen LogP contribution < -0.4 is 0 Å². The van der Waals surface area contributed by atoms with E-state index in [-0.39, 0.29) is 22.2 Å². The molecule has 2 aromatic rings. The average Bonchev–Trinajstić information content (AvgIpc) is 3.21. The number of ether oxygens (including phenoxy) is 1. The van der Waals surface area contributed by atoms with Crippen LogP contribution in [0.25, 0.3) is 0 Å². The zero-order valence-electron chi connectivity index (χ0n) is 18.0. The van der Waals surface area contributed by atoms with Crippen LogP contribution in [-0.2, 0) is 14.8 Å². The Kier molecular flexibility index (Phi) is 8.74. The number of unbranched alkanes of at least 4 members (excludes halogenated alkanes) is 4. The van der Waals surface area contributed by atoms with Crippen molar-refractivity contribution in [1.29, 1.82) is 0 Å². The van der Waals surface area contributed by atoms with Crippen molar-refractivity contribution in [2.24, 2.45) is 0 Å². The Bertz CT molecular complexity index is 1160. The molecule has 0 N–H and O–H groups in total. The number of halogens is 2. The first-order chi connectivity index (χ1) is 15.7. The molecular weight excluding hydrogens is 487 g/mol. The van der Waals surface area contributed by atoms with E-state index in [1.165, 1.54) is 22.5 Å². The fourth-order valence-electron chi connectivity index (χ4n) is 3.46. The highest BCUT2D eigenvalue weighted by molar-refractivity contribution is 7.89. The van der Waals surface area contributed by atoms with Crippen molar-refractivity contribution < 1.29 is 18.1 Å². The van der Waals surface area contributed by atoms with Crippen LogP contribution in [-0.4, -0.2) is 30.3 Å². The van der Waals surface area contributed by atoms with Gasteiger partial charge in [-0.2, -0.15) is 4.31 Å². The molecule has 0 saturated carbocycles. The van der Waals surface area contributed by atoms with E-state index in [1.807, 2.05) is 0 Å². The molecule has 33 heavy (non-hydrogen) atoms. The minimum Gasteiger partial charge on any atom is -0.340 e. The molecule has 1 unspecified atom stereocenters. The molecule has 1 aliphatic heterocycles. The van der Waals surface area contributed by atoms with Crippen LogP contribution in [0.15, 0.2) is 47.4 Å². The normalized spacial score (nSPS) is 18.6. The lowest BCUT2D eigenvalue weighted by atomic mass is 10.1. The third kappa shape index (κ3) is 6.25. The second-order valence-electron chi connectivity index (χ2n) is 7.60. The summed E-state index contributed by atoms with van der Waals surface area (Å²) in [6, 6.07) is 9.47. The highest BCUT2D eigenvalue weighted by Crippen LogP contribution is 2.39. The molecule has 1 heterocycles. The Labute approximate surface area is 203 Å². The number of hydrogen-bond donors (Lipinski definition) is 0. The Balaban J connectivity index is 1.89. The lowest BCUT2D eigenvalue weighted by Crippen LogP contribution is -2.32. The molecule has 2 aromatic carbocycles. The summed E-state index contributed by atoms with van der Waals surface area (Å²) >= 11 is 12.4. The SMILES string of the molecule is CCCCCCC#C[C@H]1CN(S(=O)(=O)c2ccc([N+](=O)[O-])cc2)C(c2ccc(Cl)cc2Cl)O1. The van der Waals surface area contributed by atoms with Gasteiger partial charge in [0.2, 0.25) is 10.0 Å². The molecule has 1 aliphatic rings. The van der Waals surface area contributed by atoms with Crippen molar-refractivity contribution >= 4 is 38.9 Å². The fraction of sp³-hybridized carbons (Fsp3) is 0.391.